The lowest BCUT2D eigenvalue weighted by molar-refractivity contribution is -0.124. The predicted octanol–water partition coefficient (Wildman–Crippen LogP) is 3.16. The zero-order valence-electron chi connectivity index (χ0n) is 15.5. The highest BCUT2D eigenvalue weighted by Crippen LogP contribution is 2.23. The average Bonchev–Trinajstić information content (AvgIpc) is 3.28. The maximum Gasteiger partial charge on any atom is 0.340 e. The maximum absolute atomic E-state index is 12.9. The summed E-state index contributed by atoms with van der Waals surface area (Å²) in [4.78, 5) is 24.3. The first-order valence-corrected chi connectivity index (χ1v) is 11.0. The van der Waals surface area contributed by atoms with E-state index in [1.54, 1.807) is 23.6 Å². The van der Waals surface area contributed by atoms with Crippen LogP contribution in [0.5, 0.6) is 0 Å². The van der Waals surface area contributed by atoms with E-state index < -0.39 is 28.5 Å². The molecule has 0 radical (unpaired) electrons. The number of rotatable bonds is 8. The van der Waals surface area contributed by atoms with Crippen LogP contribution in [0.2, 0.25) is 0 Å². The van der Waals surface area contributed by atoms with Crippen molar-refractivity contribution in [2.75, 3.05) is 11.3 Å². The number of carbonyl (C=O) groups excluding carboxylic acids is 2. The number of carbonyl (C=O) groups is 2. The van der Waals surface area contributed by atoms with Gasteiger partial charge in [0.25, 0.3) is 15.9 Å². The lowest BCUT2D eigenvalue weighted by Gasteiger charge is -2.11. The molecule has 0 aliphatic heterocycles. The summed E-state index contributed by atoms with van der Waals surface area (Å²) in [5.74, 6) is -1.78. The summed E-state index contributed by atoms with van der Waals surface area (Å²) >= 11 is 1.04. The van der Waals surface area contributed by atoms with Gasteiger partial charge in [0.2, 0.25) is 0 Å². The zero-order valence-corrected chi connectivity index (χ0v) is 17.1. The van der Waals surface area contributed by atoms with Gasteiger partial charge in [-0.1, -0.05) is 30.3 Å². The van der Waals surface area contributed by atoms with E-state index in [1.165, 1.54) is 42.5 Å². The van der Waals surface area contributed by atoms with Crippen LogP contribution in [-0.4, -0.2) is 26.9 Å². The van der Waals surface area contributed by atoms with Gasteiger partial charge in [0.05, 0.1) is 11.3 Å². The van der Waals surface area contributed by atoms with E-state index in [1.807, 2.05) is 0 Å². The molecule has 10 heteroatoms. The van der Waals surface area contributed by atoms with E-state index >= 15 is 0 Å². The minimum Gasteiger partial charge on any atom is -0.452 e. The Kier molecular flexibility index (Phi) is 6.80. The molecule has 7 nitrogen and oxygen atoms in total. The molecule has 3 aromatic rings. The standard InChI is InChI=1S/C20H17FN2O5S2/c21-15-9-7-14(8-10-15)12-22-18(24)13-28-20(25)16-4-1-2-5-17(16)23-30(26,27)19-6-3-11-29-19/h1-11,23H,12-13H2,(H,22,24). The van der Waals surface area contributed by atoms with E-state index in [4.69, 9.17) is 4.74 Å². The Balaban J connectivity index is 1.59. The highest BCUT2D eigenvalue weighted by Gasteiger charge is 2.20. The highest BCUT2D eigenvalue weighted by molar-refractivity contribution is 7.94. The Morgan fingerprint density at radius 1 is 1.00 bits per heavy atom. The van der Waals surface area contributed by atoms with Crippen LogP contribution in [0.15, 0.2) is 70.3 Å². The Morgan fingerprint density at radius 2 is 1.73 bits per heavy atom. The molecule has 2 aromatic carbocycles. The first-order chi connectivity index (χ1) is 14.3. The van der Waals surface area contributed by atoms with Crippen LogP contribution in [-0.2, 0) is 26.1 Å². The Labute approximate surface area is 176 Å². The van der Waals surface area contributed by atoms with Gasteiger partial charge in [-0.05, 0) is 41.3 Å². The van der Waals surface area contributed by atoms with Crippen molar-refractivity contribution in [3.05, 3.63) is 83.0 Å². The van der Waals surface area contributed by atoms with Crippen LogP contribution < -0.4 is 10.0 Å². The molecule has 0 fully saturated rings. The quantitative estimate of drug-likeness (QED) is 0.516. The fourth-order valence-corrected chi connectivity index (χ4v) is 4.50. The van der Waals surface area contributed by atoms with Gasteiger partial charge in [-0.25, -0.2) is 17.6 Å². The van der Waals surface area contributed by atoms with E-state index in [-0.39, 0.29) is 27.8 Å². The van der Waals surface area contributed by atoms with Crippen molar-refractivity contribution in [2.45, 2.75) is 10.8 Å². The molecule has 156 valence electrons. The summed E-state index contributed by atoms with van der Waals surface area (Å²) in [6.07, 6.45) is 0. The molecule has 1 aromatic heterocycles. The third-order valence-electron chi connectivity index (χ3n) is 3.89. The van der Waals surface area contributed by atoms with Gasteiger partial charge in [0, 0.05) is 6.54 Å². The van der Waals surface area contributed by atoms with E-state index in [0.717, 1.165) is 11.3 Å². The number of amides is 1. The number of nitrogens with one attached hydrogen (secondary N) is 2. The predicted molar refractivity (Wildman–Crippen MR) is 110 cm³/mol. The maximum atomic E-state index is 12.9. The van der Waals surface area contributed by atoms with Crippen molar-refractivity contribution >= 4 is 38.9 Å². The number of halogens is 1. The monoisotopic (exact) mass is 448 g/mol. The number of hydrogen-bond donors (Lipinski definition) is 2. The van der Waals surface area contributed by atoms with Crippen molar-refractivity contribution in [1.29, 1.82) is 0 Å². The molecule has 0 spiro atoms. The normalized spacial score (nSPS) is 11.0. The summed E-state index contributed by atoms with van der Waals surface area (Å²) in [6.45, 7) is -0.403. The molecule has 0 aliphatic carbocycles. The molecule has 0 saturated carbocycles. The zero-order chi connectivity index (χ0) is 21.6. The molecule has 2 N–H and O–H groups in total. The van der Waals surface area contributed by atoms with Gasteiger partial charge in [0.15, 0.2) is 6.61 Å². The third-order valence-corrected chi connectivity index (χ3v) is 6.65. The summed E-state index contributed by atoms with van der Waals surface area (Å²) in [5, 5.41) is 4.17. The SMILES string of the molecule is O=C(COC(=O)c1ccccc1NS(=O)(=O)c1cccs1)NCc1ccc(F)cc1. The molecule has 1 amide bonds. The Hall–Kier alpha value is -3.24. The molecule has 0 atom stereocenters. The minimum atomic E-state index is -3.84. The van der Waals surface area contributed by atoms with Crippen molar-refractivity contribution in [1.82, 2.24) is 5.32 Å². The second kappa shape index (κ2) is 9.51. The highest BCUT2D eigenvalue weighted by atomic mass is 32.2. The molecule has 0 unspecified atom stereocenters. The van der Waals surface area contributed by atoms with E-state index in [2.05, 4.69) is 10.0 Å². The number of anilines is 1. The summed E-state index contributed by atoms with van der Waals surface area (Å²) < 4.78 is 45.2. The van der Waals surface area contributed by atoms with Gasteiger partial charge in [-0.2, -0.15) is 0 Å². The van der Waals surface area contributed by atoms with Crippen LogP contribution >= 0.6 is 11.3 Å². The van der Waals surface area contributed by atoms with E-state index in [9.17, 15) is 22.4 Å². The molecular weight excluding hydrogens is 431 g/mol. The fraction of sp³-hybridized carbons (Fsp3) is 0.100. The van der Waals surface area contributed by atoms with Crippen LogP contribution in [0.1, 0.15) is 15.9 Å². The number of sulfonamides is 1. The topological polar surface area (TPSA) is 102 Å². The second-order valence-electron chi connectivity index (χ2n) is 6.06. The number of ether oxygens (including phenoxy) is 1. The summed E-state index contributed by atoms with van der Waals surface area (Å²) in [6, 6.07) is 14.6. The average molecular weight is 448 g/mol. The van der Waals surface area contributed by atoms with Crippen molar-refractivity contribution in [3.8, 4) is 0 Å². The third kappa shape index (κ3) is 5.65. The molecule has 0 saturated heterocycles. The summed E-state index contributed by atoms with van der Waals surface area (Å²) in [5.41, 5.74) is 0.705. The van der Waals surface area contributed by atoms with Crippen molar-refractivity contribution < 1.29 is 27.1 Å². The van der Waals surface area contributed by atoms with Crippen LogP contribution in [0.4, 0.5) is 10.1 Å². The molecule has 0 aliphatic rings. The fourth-order valence-electron chi connectivity index (χ4n) is 2.42. The largest absolute Gasteiger partial charge is 0.452 e. The Morgan fingerprint density at radius 3 is 2.43 bits per heavy atom. The van der Waals surface area contributed by atoms with Gasteiger partial charge in [-0.15, -0.1) is 11.3 Å². The molecule has 1 heterocycles. The smallest absolute Gasteiger partial charge is 0.340 e. The molecule has 3 rings (SSSR count). The Bertz CT molecular complexity index is 1130. The number of benzene rings is 2. The molecular formula is C20H17FN2O5S2. The van der Waals surface area contributed by atoms with Crippen LogP contribution in [0.25, 0.3) is 0 Å². The van der Waals surface area contributed by atoms with Gasteiger partial charge in [-0.3, -0.25) is 9.52 Å². The second-order valence-corrected chi connectivity index (χ2v) is 8.92. The van der Waals surface area contributed by atoms with Gasteiger partial charge < -0.3 is 10.1 Å². The van der Waals surface area contributed by atoms with E-state index in [0.29, 0.717) is 5.56 Å². The molecule has 30 heavy (non-hydrogen) atoms. The van der Waals surface area contributed by atoms with Crippen LogP contribution in [0, 0.1) is 5.82 Å². The number of thiophene rings is 1. The minimum absolute atomic E-state index is 0.0241. The summed E-state index contributed by atoms with van der Waals surface area (Å²) in [7, 11) is -3.84. The first-order valence-electron chi connectivity index (χ1n) is 8.69. The lowest BCUT2D eigenvalue weighted by Crippen LogP contribution is -2.28. The van der Waals surface area contributed by atoms with Crippen molar-refractivity contribution in [3.63, 3.8) is 0 Å². The first kappa shape index (κ1) is 21.5. The number of hydrogen-bond acceptors (Lipinski definition) is 6. The number of para-hydroxylation sites is 1. The van der Waals surface area contributed by atoms with Crippen LogP contribution in [0.3, 0.4) is 0 Å². The lowest BCUT2D eigenvalue weighted by atomic mass is 10.2. The van der Waals surface area contributed by atoms with Gasteiger partial charge in [0.1, 0.15) is 10.0 Å². The number of esters is 1. The molecule has 0 bridgehead atoms. The van der Waals surface area contributed by atoms with Gasteiger partial charge >= 0.3 is 5.97 Å². The van der Waals surface area contributed by atoms with Crippen molar-refractivity contribution in [2.24, 2.45) is 0 Å².